The van der Waals surface area contributed by atoms with Crippen LogP contribution < -0.4 is 10.6 Å². The van der Waals surface area contributed by atoms with Gasteiger partial charge in [0, 0.05) is 23.0 Å². The van der Waals surface area contributed by atoms with Gasteiger partial charge in [-0.15, -0.1) is 0 Å². The van der Waals surface area contributed by atoms with E-state index in [1.807, 2.05) is 5.32 Å². The molecule has 3 saturated carbocycles. The number of nitrogens with zero attached hydrogens (tertiary/aromatic N) is 1. The third-order valence-electron chi connectivity index (χ3n) is 7.19. The summed E-state index contributed by atoms with van der Waals surface area (Å²) in [6.07, 6.45) is -3.39. The van der Waals surface area contributed by atoms with Crippen LogP contribution in [0.1, 0.15) is 58.4 Å². The van der Waals surface area contributed by atoms with Crippen LogP contribution in [0, 0.1) is 17.2 Å². The molecule has 1 unspecified atom stereocenters. The molecule has 0 spiro atoms. The van der Waals surface area contributed by atoms with E-state index >= 15 is 4.39 Å². The zero-order valence-corrected chi connectivity index (χ0v) is 16.7. The molecule has 1 aromatic carbocycles. The second-order valence-electron chi connectivity index (χ2n) is 9.14. The van der Waals surface area contributed by atoms with E-state index in [2.05, 4.69) is 5.32 Å². The molecule has 0 aromatic heterocycles. The van der Waals surface area contributed by atoms with Gasteiger partial charge in [0.05, 0.1) is 12.1 Å². The molecule has 7 nitrogen and oxygen atoms in total. The van der Waals surface area contributed by atoms with E-state index in [1.54, 1.807) is 0 Å². The molecule has 170 valence electrons. The molecular weight excluding hydrogens is 434 g/mol. The van der Waals surface area contributed by atoms with E-state index in [0.29, 0.717) is 19.3 Å². The summed E-state index contributed by atoms with van der Waals surface area (Å²) in [5.41, 5.74) is -1.80. The smallest absolute Gasteiger partial charge is 0.340 e. The fraction of sp³-hybridized carbons (Fsp3) is 0.524. The first kappa shape index (κ1) is 20.9. The second-order valence-corrected chi connectivity index (χ2v) is 9.14. The molecule has 32 heavy (non-hydrogen) atoms. The van der Waals surface area contributed by atoms with Crippen molar-refractivity contribution in [3.05, 3.63) is 34.6 Å². The van der Waals surface area contributed by atoms with Gasteiger partial charge in [0.1, 0.15) is 17.9 Å². The van der Waals surface area contributed by atoms with Crippen molar-refractivity contribution in [1.29, 1.82) is 0 Å². The highest BCUT2D eigenvalue weighted by molar-refractivity contribution is 6.06. The van der Waals surface area contributed by atoms with Crippen molar-refractivity contribution in [2.24, 2.45) is 11.3 Å². The van der Waals surface area contributed by atoms with Crippen LogP contribution in [0.2, 0.25) is 0 Å². The number of carbonyl (C=O) groups is 4. The van der Waals surface area contributed by atoms with Crippen LogP contribution >= 0.6 is 0 Å². The number of imide groups is 1. The fourth-order valence-electron chi connectivity index (χ4n) is 5.47. The summed E-state index contributed by atoms with van der Waals surface area (Å²) < 4.78 is 56.0. The monoisotopic (exact) mass is 453 g/mol. The van der Waals surface area contributed by atoms with Crippen molar-refractivity contribution in [2.45, 2.75) is 56.9 Å². The Bertz CT molecular complexity index is 1050. The minimum atomic E-state index is -4.66. The van der Waals surface area contributed by atoms with Crippen LogP contribution in [0.3, 0.4) is 0 Å². The van der Waals surface area contributed by atoms with Crippen LogP contribution in [0.5, 0.6) is 0 Å². The van der Waals surface area contributed by atoms with Crippen LogP contribution in [-0.2, 0) is 16.1 Å². The van der Waals surface area contributed by atoms with E-state index in [9.17, 15) is 32.3 Å². The maximum absolute atomic E-state index is 15.2. The van der Waals surface area contributed by atoms with Gasteiger partial charge in [-0.25, -0.2) is 4.39 Å². The number of halogens is 4. The molecular formula is C21H19F4N3O4. The van der Waals surface area contributed by atoms with Gasteiger partial charge in [-0.2, -0.15) is 13.2 Å². The summed E-state index contributed by atoms with van der Waals surface area (Å²) in [6.45, 7) is -0.318. The van der Waals surface area contributed by atoms with E-state index in [-0.39, 0.29) is 36.4 Å². The Balaban J connectivity index is 1.38. The molecule has 6 rings (SSSR count). The third-order valence-corrected chi connectivity index (χ3v) is 7.19. The lowest BCUT2D eigenvalue weighted by atomic mass is 9.41. The Hall–Kier alpha value is -2.98. The van der Waals surface area contributed by atoms with Crippen molar-refractivity contribution in [2.75, 3.05) is 0 Å². The largest absolute Gasteiger partial charge is 0.409 e. The van der Waals surface area contributed by atoms with Gasteiger partial charge in [0.2, 0.25) is 11.8 Å². The van der Waals surface area contributed by atoms with Gasteiger partial charge in [-0.3, -0.25) is 24.5 Å². The Morgan fingerprint density at radius 3 is 2.44 bits per heavy atom. The number of hydrogen-bond acceptors (Lipinski definition) is 4. The summed E-state index contributed by atoms with van der Waals surface area (Å²) in [5, 5.41) is 4.11. The standard InChI is InChI=1S/C21H19F4N3O4/c22-15-11(16(30)27-19(21(23,24)25)20-5-9(6-20)7-20)2-1-10-12(15)8-28(18(10)32)13-3-4-14(29)26-17(13)31/h1-2,9,13,19H,3-8H2,(H,27,30)(H,26,29,31)/t9?,13?,19-,20?/m1/s1. The first-order valence-electron chi connectivity index (χ1n) is 10.3. The molecule has 2 aliphatic heterocycles. The normalized spacial score (nSPS) is 29.6. The Kier molecular flexibility index (Phi) is 4.41. The van der Waals surface area contributed by atoms with Crippen molar-refractivity contribution in [1.82, 2.24) is 15.5 Å². The van der Waals surface area contributed by atoms with E-state index < -0.39 is 58.7 Å². The van der Waals surface area contributed by atoms with Gasteiger partial charge in [-0.05, 0) is 43.7 Å². The SMILES string of the molecule is O=C1CCC(N2Cc3c(ccc(C(=O)N[C@@H](C(F)(F)F)C45CC(C4)C5)c3F)C2=O)C(=O)N1. The molecule has 2 atom stereocenters. The molecule has 4 fully saturated rings. The topological polar surface area (TPSA) is 95.6 Å². The number of amides is 4. The van der Waals surface area contributed by atoms with Gasteiger partial charge < -0.3 is 10.2 Å². The lowest BCUT2D eigenvalue weighted by Crippen LogP contribution is -2.68. The highest BCUT2D eigenvalue weighted by atomic mass is 19.4. The highest BCUT2D eigenvalue weighted by Gasteiger charge is 2.67. The predicted molar refractivity (Wildman–Crippen MR) is 99.5 cm³/mol. The van der Waals surface area contributed by atoms with Crippen molar-refractivity contribution in [3.63, 3.8) is 0 Å². The Labute approximate surface area is 179 Å². The maximum atomic E-state index is 15.2. The molecule has 2 heterocycles. The number of benzene rings is 1. The van der Waals surface area contributed by atoms with Crippen LogP contribution in [-0.4, -0.2) is 46.8 Å². The molecule has 3 aliphatic carbocycles. The third kappa shape index (κ3) is 3.01. The van der Waals surface area contributed by atoms with E-state index in [1.165, 1.54) is 6.07 Å². The van der Waals surface area contributed by atoms with Crippen LogP contribution in [0.25, 0.3) is 0 Å². The summed E-state index contributed by atoms with van der Waals surface area (Å²) in [5.74, 6) is -3.79. The Morgan fingerprint density at radius 1 is 1.19 bits per heavy atom. The average Bonchev–Trinajstić information content (AvgIpc) is 2.96. The number of hydrogen-bond donors (Lipinski definition) is 2. The quantitative estimate of drug-likeness (QED) is 0.539. The summed E-state index contributed by atoms with van der Waals surface area (Å²) in [4.78, 5) is 49.9. The van der Waals surface area contributed by atoms with Crippen molar-refractivity contribution >= 4 is 23.6 Å². The molecule has 0 radical (unpaired) electrons. The zero-order valence-electron chi connectivity index (χ0n) is 16.7. The molecule has 5 aliphatic rings. The molecule has 2 N–H and O–H groups in total. The number of piperidine rings is 1. The first-order chi connectivity index (χ1) is 15.0. The summed E-state index contributed by atoms with van der Waals surface area (Å²) in [6, 6.07) is -0.847. The van der Waals surface area contributed by atoms with Crippen molar-refractivity contribution < 1.29 is 36.7 Å². The Morgan fingerprint density at radius 2 is 1.88 bits per heavy atom. The highest BCUT2D eigenvalue weighted by Crippen LogP contribution is 2.68. The minimum absolute atomic E-state index is 0.0219. The molecule has 2 bridgehead atoms. The molecule has 11 heteroatoms. The van der Waals surface area contributed by atoms with Gasteiger partial charge >= 0.3 is 6.18 Å². The molecule has 1 aromatic rings. The number of nitrogens with one attached hydrogen (secondary N) is 2. The minimum Gasteiger partial charge on any atom is -0.340 e. The molecule has 4 amide bonds. The van der Waals surface area contributed by atoms with E-state index in [4.69, 9.17) is 0 Å². The molecule has 1 saturated heterocycles. The predicted octanol–water partition coefficient (Wildman–Crippen LogP) is 2.05. The van der Waals surface area contributed by atoms with Gasteiger partial charge in [0.25, 0.3) is 11.8 Å². The number of fused-ring (bicyclic) bond motifs is 1. The second kappa shape index (κ2) is 6.76. The average molecular weight is 453 g/mol. The summed E-state index contributed by atoms with van der Waals surface area (Å²) >= 11 is 0. The zero-order chi connectivity index (χ0) is 23.0. The van der Waals surface area contributed by atoms with Crippen LogP contribution in [0.4, 0.5) is 17.6 Å². The lowest BCUT2D eigenvalue weighted by molar-refractivity contribution is -0.243. The lowest BCUT2D eigenvalue weighted by Gasteiger charge is -2.65. The number of alkyl halides is 3. The van der Waals surface area contributed by atoms with Crippen LogP contribution in [0.15, 0.2) is 12.1 Å². The maximum Gasteiger partial charge on any atom is 0.409 e. The number of rotatable bonds is 4. The summed E-state index contributed by atoms with van der Waals surface area (Å²) in [7, 11) is 0. The van der Waals surface area contributed by atoms with E-state index in [0.717, 1.165) is 11.0 Å². The fourth-order valence-corrected chi connectivity index (χ4v) is 5.47. The van der Waals surface area contributed by atoms with Gasteiger partial charge in [0.15, 0.2) is 0 Å². The van der Waals surface area contributed by atoms with Gasteiger partial charge in [-0.1, -0.05) is 0 Å². The van der Waals surface area contributed by atoms with Crippen molar-refractivity contribution in [3.8, 4) is 0 Å². The first-order valence-corrected chi connectivity index (χ1v) is 10.3. The number of carbonyl (C=O) groups excluding carboxylic acids is 4.